The van der Waals surface area contributed by atoms with E-state index < -0.39 is 6.10 Å². The highest BCUT2D eigenvalue weighted by Crippen LogP contribution is 2.20. The lowest BCUT2D eigenvalue weighted by Crippen LogP contribution is -2.47. The number of urea groups is 1. The van der Waals surface area contributed by atoms with E-state index in [0.717, 1.165) is 11.3 Å². The molecule has 0 saturated heterocycles. The lowest BCUT2D eigenvalue weighted by Gasteiger charge is -2.29. The van der Waals surface area contributed by atoms with Crippen molar-refractivity contribution in [1.29, 1.82) is 0 Å². The molecule has 5 heteroatoms. The number of nitrogens with one attached hydrogen (secondary N) is 1. The topological polar surface area (TPSA) is 61.8 Å². The first-order valence-corrected chi connectivity index (χ1v) is 8.22. The van der Waals surface area contributed by atoms with Gasteiger partial charge in [0.2, 0.25) is 0 Å². The Morgan fingerprint density at radius 1 is 1.22 bits per heavy atom. The third-order valence-electron chi connectivity index (χ3n) is 3.41. The highest BCUT2D eigenvalue weighted by atomic mass is 16.5. The second kappa shape index (κ2) is 8.77. The Hall–Kier alpha value is -1.75. The van der Waals surface area contributed by atoms with Gasteiger partial charge in [-0.25, -0.2) is 4.79 Å². The van der Waals surface area contributed by atoms with Crippen LogP contribution in [0.25, 0.3) is 0 Å². The van der Waals surface area contributed by atoms with Crippen molar-refractivity contribution in [2.24, 2.45) is 0 Å². The summed E-state index contributed by atoms with van der Waals surface area (Å²) in [5.41, 5.74) is 0.984. The molecule has 1 aromatic carbocycles. The lowest BCUT2D eigenvalue weighted by molar-refractivity contribution is 0.117. The third kappa shape index (κ3) is 6.48. The molecule has 23 heavy (non-hydrogen) atoms. The fourth-order valence-electron chi connectivity index (χ4n) is 2.29. The molecule has 5 nitrogen and oxygen atoms in total. The summed E-state index contributed by atoms with van der Waals surface area (Å²) < 4.78 is 5.69. The number of amides is 2. The van der Waals surface area contributed by atoms with Gasteiger partial charge in [0.05, 0.1) is 18.2 Å². The number of rotatable bonds is 7. The van der Waals surface area contributed by atoms with Crippen LogP contribution in [0.1, 0.15) is 53.1 Å². The van der Waals surface area contributed by atoms with Gasteiger partial charge in [0, 0.05) is 12.6 Å². The van der Waals surface area contributed by atoms with Gasteiger partial charge in [-0.05, 0) is 59.2 Å². The first-order valence-electron chi connectivity index (χ1n) is 8.22. The summed E-state index contributed by atoms with van der Waals surface area (Å²) in [6.07, 6.45) is -0.446. The number of hydrogen-bond acceptors (Lipinski definition) is 3. The Labute approximate surface area is 139 Å². The minimum absolute atomic E-state index is 0.0207. The van der Waals surface area contributed by atoms with E-state index >= 15 is 0 Å². The van der Waals surface area contributed by atoms with Crippen molar-refractivity contribution >= 4 is 6.03 Å². The van der Waals surface area contributed by atoms with Crippen molar-refractivity contribution in [1.82, 2.24) is 10.2 Å². The summed E-state index contributed by atoms with van der Waals surface area (Å²) in [5.74, 6) is 0.795. The van der Waals surface area contributed by atoms with Crippen molar-refractivity contribution in [3.63, 3.8) is 0 Å². The first kappa shape index (κ1) is 19.3. The Bertz CT molecular complexity index is 501. The largest absolute Gasteiger partial charge is 0.491 e. The number of carbonyl (C=O) groups is 1. The van der Waals surface area contributed by atoms with Crippen molar-refractivity contribution in [2.45, 2.75) is 65.8 Å². The van der Waals surface area contributed by atoms with Crippen molar-refractivity contribution in [3.05, 3.63) is 29.8 Å². The molecule has 0 bridgehead atoms. The van der Waals surface area contributed by atoms with E-state index in [-0.39, 0.29) is 24.2 Å². The quantitative estimate of drug-likeness (QED) is 0.809. The molecule has 2 amide bonds. The average molecular weight is 322 g/mol. The Kier molecular flexibility index (Phi) is 7.36. The molecule has 0 spiro atoms. The van der Waals surface area contributed by atoms with E-state index in [2.05, 4.69) is 5.32 Å². The summed E-state index contributed by atoms with van der Waals surface area (Å²) in [6.45, 7) is 11.8. The highest BCUT2D eigenvalue weighted by Gasteiger charge is 2.20. The second-order valence-corrected chi connectivity index (χ2v) is 6.51. The number of carbonyl (C=O) groups excluding carboxylic acids is 1. The van der Waals surface area contributed by atoms with Crippen molar-refractivity contribution in [3.8, 4) is 5.75 Å². The fourth-order valence-corrected chi connectivity index (χ4v) is 2.29. The molecule has 0 radical (unpaired) electrons. The molecule has 2 atom stereocenters. The molecule has 0 aliphatic rings. The summed E-state index contributed by atoms with van der Waals surface area (Å²) in [5, 5.41) is 12.5. The molecular formula is C18H30N2O3. The van der Waals surface area contributed by atoms with Crippen LogP contribution >= 0.6 is 0 Å². The predicted octanol–water partition coefficient (Wildman–Crippen LogP) is 3.34. The van der Waals surface area contributed by atoms with Crippen LogP contribution in [-0.2, 0) is 0 Å². The van der Waals surface area contributed by atoms with E-state index in [4.69, 9.17) is 4.74 Å². The summed E-state index contributed by atoms with van der Waals surface area (Å²) in [4.78, 5) is 14.1. The number of benzene rings is 1. The van der Waals surface area contributed by atoms with Gasteiger partial charge >= 0.3 is 6.03 Å². The molecule has 0 aliphatic heterocycles. The summed E-state index contributed by atoms with van der Waals surface area (Å²) in [6, 6.07) is 7.44. The fraction of sp³-hybridized carbons (Fsp3) is 0.611. The molecular weight excluding hydrogens is 292 g/mol. The number of nitrogens with zero attached hydrogens (tertiary/aromatic N) is 1. The van der Waals surface area contributed by atoms with Gasteiger partial charge in [0.1, 0.15) is 5.75 Å². The minimum Gasteiger partial charge on any atom is -0.491 e. The normalized spacial score (nSPS) is 13.8. The maximum absolute atomic E-state index is 12.4. The maximum atomic E-state index is 12.4. The molecule has 130 valence electrons. The van der Waals surface area contributed by atoms with E-state index in [0.29, 0.717) is 6.54 Å². The smallest absolute Gasteiger partial charge is 0.318 e. The van der Waals surface area contributed by atoms with Crippen LogP contribution in [0, 0.1) is 0 Å². The number of hydrogen-bond donors (Lipinski definition) is 2. The van der Waals surface area contributed by atoms with Crippen molar-refractivity contribution in [2.75, 3.05) is 6.54 Å². The zero-order valence-corrected chi connectivity index (χ0v) is 15.0. The molecule has 1 rings (SSSR count). The SMILES string of the molecule is CC(O)CN(C(=O)NC(C)c1cccc(OC(C)C)c1)C(C)C. The zero-order chi connectivity index (χ0) is 17.6. The van der Waals surface area contributed by atoms with Gasteiger partial charge in [-0.3, -0.25) is 0 Å². The Balaban J connectivity index is 2.77. The van der Waals surface area contributed by atoms with Crippen LogP contribution in [0.5, 0.6) is 5.75 Å². The Morgan fingerprint density at radius 3 is 2.39 bits per heavy atom. The van der Waals surface area contributed by atoms with E-state index in [1.54, 1.807) is 11.8 Å². The number of aliphatic hydroxyl groups excluding tert-OH is 1. The van der Waals surface area contributed by atoms with Gasteiger partial charge in [-0.2, -0.15) is 0 Å². The third-order valence-corrected chi connectivity index (χ3v) is 3.41. The number of aliphatic hydroxyl groups is 1. The maximum Gasteiger partial charge on any atom is 0.318 e. The molecule has 2 unspecified atom stereocenters. The van der Waals surface area contributed by atoms with Crippen molar-refractivity contribution < 1.29 is 14.6 Å². The van der Waals surface area contributed by atoms with E-state index in [9.17, 15) is 9.90 Å². The number of ether oxygens (including phenoxy) is 1. The van der Waals surface area contributed by atoms with Crippen LogP contribution in [0.2, 0.25) is 0 Å². The van der Waals surface area contributed by atoms with Crippen LogP contribution in [-0.4, -0.2) is 40.8 Å². The average Bonchev–Trinajstić information content (AvgIpc) is 2.43. The monoisotopic (exact) mass is 322 g/mol. The lowest BCUT2D eigenvalue weighted by atomic mass is 10.1. The minimum atomic E-state index is -0.554. The van der Waals surface area contributed by atoms with E-state index in [1.807, 2.05) is 58.9 Å². The van der Waals surface area contributed by atoms with Gasteiger partial charge in [-0.15, -0.1) is 0 Å². The summed E-state index contributed by atoms with van der Waals surface area (Å²) >= 11 is 0. The molecule has 1 aromatic rings. The molecule has 0 aliphatic carbocycles. The molecule has 0 heterocycles. The van der Waals surface area contributed by atoms with Crippen LogP contribution in [0.15, 0.2) is 24.3 Å². The highest BCUT2D eigenvalue weighted by molar-refractivity contribution is 5.75. The second-order valence-electron chi connectivity index (χ2n) is 6.51. The van der Waals surface area contributed by atoms with Crippen LogP contribution in [0.4, 0.5) is 4.79 Å². The summed E-state index contributed by atoms with van der Waals surface area (Å²) in [7, 11) is 0. The standard InChI is InChI=1S/C18H30N2O3/c1-12(2)20(11-14(5)21)18(22)19-15(6)16-8-7-9-17(10-16)23-13(3)4/h7-10,12-15,21H,11H2,1-6H3,(H,19,22). The predicted molar refractivity (Wildman–Crippen MR) is 92.7 cm³/mol. The molecule has 0 fully saturated rings. The van der Waals surface area contributed by atoms with Crippen LogP contribution < -0.4 is 10.1 Å². The Morgan fingerprint density at radius 2 is 1.87 bits per heavy atom. The van der Waals surface area contributed by atoms with E-state index in [1.165, 1.54) is 0 Å². The molecule has 0 aromatic heterocycles. The van der Waals surface area contributed by atoms with Gasteiger partial charge in [0.15, 0.2) is 0 Å². The van der Waals surface area contributed by atoms with Crippen LogP contribution in [0.3, 0.4) is 0 Å². The van der Waals surface area contributed by atoms with Gasteiger partial charge in [-0.1, -0.05) is 12.1 Å². The zero-order valence-electron chi connectivity index (χ0n) is 15.0. The molecule has 2 N–H and O–H groups in total. The first-order chi connectivity index (χ1) is 10.7. The van der Waals surface area contributed by atoms with Gasteiger partial charge in [0.25, 0.3) is 0 Å². The molecule has 0 saturated carbocycles. The van der Waals surface area contributed by atoms with Gasteiger partial charge < -0.3 is 20.1 Å².